The molecule has 0 spiro atoms. The largest absolute Gasteiger partial charge is 0.449 e. The summed E-state index contributed by atoms with van der Waals surface area (Å²) in [7, 11) is 0. The third kappa shape index (κ3) is 5.07. The molecule has 4 nitrogen and oxygen atoms in total. The van der Waals surface area contributed by atoms with E-state index in [9.17, 15) is 4.79 Å². The minimum Gasteiger partial charge on any atom is -0.449 e. The molecular weight excluding hydrogens is 419 g/mol. The van der Waals surface area contributed by atoms with Gasteiger partial charge in [-0.1, -0.05) is 59.6 Å². The highest BCUT2D eigenvalue weighted by Gasteiger charge is 2.19. The molecule has 0 saturated heterocycles. The van der Waals surface area contributed by atoms with Crippen molar-refractivity contribution >= 4 is 40.7 Å². The monoisotopic (exact) mass is 440 g/mol. The number of hydrogen-bond donors (Lipinski definition) is 1. The minimum atomic E-state index is -0.473. The highest BCUT2D eigenvalue weighted by molar-refractivity contribution is 6.35. The quantitative estimate of drug-likeness (QED) is 0.485. The van der Waals surface area contributed by atoms with Gasteiger partial charge in [0, 0.05) is 40.9 Å². The molecule has 0 atom stereocenters. The molecule has 1 heterocycles. The molecule has 30 heavy (non-hydrogen) atoms. The lowest BCUT2D eigenvalue weighted by Crippen LogP contribution is -2.19. The van der Waals surface area contributed by atoms with E-state index < -0.39 is 6.09 Å². The van der Waals surface area contributed by atoms with Crippen molar-refractivity contribution in [1.82, 2.24) is 0 Å². The number of carbonyl (C=O) groups excluding carboxylic acids is 1. The van der Waals surface area contributed by atoms with Gasteiger partial charge in [-0.2, -0.15) is 0 Å². The van der Waals surface area contributed by atoms with Gasteiger partial charge in [0.15, 0.2) is 0 Å². The third-order valence-corrected chi connectivity index (χ3v) is 5.74. The van der Waals surface area contributed by atoms with E-state index in [-0.39, 0.29) is 6.61 Å². The molecule has 1 aliphatic rings. The number of anilines is 2. The van der Waals surface area contributed by atoms with Crippen molar-refractivity contribution in [2.75, 3.05) is 23.4 Å². The molecule has 0 saturated carbocycles. The number of halogens is 2. The zero-order chi connectivity index (χ0) is 20.9. The van der Waals surface area contributed by atoms with E-state index in [0.717, 1.165) is 30.8 Å². The van der Waals surface area contributed by atoms with E-state index in [1.165, 1.54) is 16.8 Å². The lowest BCUT2D eigenvalue weighted by atomic mass is 10.1. The first kappa shape index (κ1) is 20.6. The van der Waals surface area contributed by atoms with Crippen LogP contribution in [0.4, 0.5) is 16.2 Å². The number of fused-ring (bicyclic) bond motifs is 1. The van der Waals surface area contributed by atoms with E-state index >= 15 is 0 Å². The van der Waals surface area contributed by atoms with Gasteiger partial charge in [0.2, 0.25) is 0 Å². The second-order valence-corrected chi connectivity index (χ2v) is 8.09. The maximum atomic E-state index is 12.1. The SMILES string of the molecule is O=C(Nc1ccc2c(c1)CCN2Cc1ccccc1)OCCc1ccc(Cl)cc1Cl. The Bertz CT molecular complexity index is 1040. The molecule has 3 aromatic rings. The molecule has 154 valence electrons. The first-order chi connectivity index (χ1) is 14.6. The number of ether oxygens (including phenoxy) is 1. The molecule has 0 aromatic heterocycles. The minimum absolute atomic E-state index is 0.239. The smallest absolute Gasteiger partial charge is 0.411 e. The van der Waals surface area contributed by atoms with Crippen LogP contribution in [0.1, 0.15) is 16.7 Å². The van der Waals surface area contributed by atoms with Crippen molar-refractivity contribution in [3.8, 4) is 0 Å². The van der Waals surface area contributed by atoms with Crippen LogP contribution in [-0.2, 0) is 24.1 Å². The second-order valence-electron chi connectivity index (χ2n) is 7.25. The number of nitrogens with zero attached hydrogens (tertiary/aromatic N) is 1. The summed E-state index contributed by atoms with van der Waals surface area (Å²) >= 11 is 12.0. The van der Waals surface area contributed by atoms with Crippen molar-refractivity contribution in [3.63, 3.8) is 0 Å². The van der Waals surface area contributed by atoms with Crippen LogP contribution >= 0.6 is 23.2 Å². The summed E-state index contributed by atoms with van der Waals surface area (Å²) in [5.41, 5.74) is 5.37. The van der Waals surface area contributed by atoms with Crippen LogP contribution in [-0.4, -0.2) is 19.2 Å². The molecule has 6 heteroatoms. The number of benzene rings is 3. The Kier molecular flexibility index (Phi) is 6.46. The van der Waals surface area contributed by atoms with Crippen molar-refractivity contribution in [1.29, 1.82) is 0 Å². The van der Waals surface area contributed by atoms with Crippen LogP contribution in [0.5, 0.6) is 0 Å². The van der Waals surface area contributed by atoms with Gasteiger partial charge in [-0.05, 0) is 53.4 Å². The van der Waals surface area contributed by atoms with Crippen LogP contribution in [0.25, 0.3) is 0 Å². The van der Waals surface area contributed by atoms with Gasteiger partial charge in [0.1, 0.15) is 0 Å². The third-order valence-electron chi connectivity index (χ3n) is 5.15. The van der Waals surface area contributed by atoms with Gasteiger partial charge < -0.3 is 9.64 Å². The van der Waals surface area contributed by atoms with Gasteiger partial charge in [0.05, 0.1) is 6.61 Å². The zero-order valence-corrected chi connectivity index (χ0v) is 17.9. The van der Waals surface area contributed by atoms with Crippen LogP contribution in [0.2, 0.25) is 10.0 Å². The molecule has 1 amide bonds. The summed E-state index contributed by atoms with van der Waals surface area (Å²) in [6.45, 7) is 2.10. The Hall–Kier alpha value is -2.69. The van der Waals surface area contributed by atoms with E-state index in [1.807, 2.05) is 24.3 Å². The Morgan fingerprint density at radius 3 is 2.67 bits per heavy atom. The normalized spacial score (nSPS) is 12.5. The molecule has 0 unspecified atom stereocenters. The average Bonchev–Trinajstić information content (AvgIpc) is 3.12. The Labute approximate surface area is 186 Å². The molecule has 0 fully saturated rings. The van der Waals surface area contributed by atoms with Crippen LogP contribution in [0.15, 0.2) is 66.7 Å². The standard InChI is InChI=1S/C24H22Cl2N2O2/c25-20-7-6-18(22(26)15-20)11-13-30-24(29)27-21-8-9-23-19(14-21)10-12-28(23)16-17-4-2-1-3-5-17/h1-9,14-15H,10-13,16H2,(H,27,29). The van der Waals surface area contributed by atoms with Gasteiger partial charge in [-0.3, -0.25) is 5.32 Å². The molecule has 1 aliphatic heterocycles. The molecule has 0 radical (unpaired) electrons. The second kappa shape index (κ2) is 9.41. The Morgan fingerprint density at radius 2 is 1.87 bits per heavy atom. The summed E-state index contributed by atoms with van der Waals surface area (Å²) in [5, 5.41) is 3.97. The van der Waals surface area contributed by atoms with Crippen LogP contribution in [0, 0.1) is 0 Å². The Balaban J connectivity index is 1.30. The molecule has 4 rings (SSSR count). The van der Waals surface area contributed by atoms with Gasteiger partial charge in [0.25, 0.3) is 0 Å². The van der Waals surface area contributed by atoms with Crippen LogP contribution in [0.3, 0.4) is 0 Å². The van der Waals surface area contributed by atoms with Gasteiger partial charge in [-0.15, -0.1) is 0 Å². The van der Waals surface area contributed by atoms with Crippen molar-refractivity contribution in [3.05, 3.63) is 93.5 Å². The number of nitrogens with one attached hydrogen (secondary N) is 1. The maximum absolute atomic E-state index is 12.1. The first-order valence-corrected chi connectivity index (χ1v) is 10.6. The van der Waals surface area contributed by atoms with Crippen molar-refractivity contribution in [2.24, 2.45) is 0 Å². The molecule has 0 aliphatic carbocycles. The lowest BCUT2D eigenvalue weighted by Gasteiger charge is -2.19. The first-order valence-electron chi connectivity index (χ1n) is 9.88. The predicted molar refractivity (Wildman–Crippen MR) is 123 cm³/mol. The van der Waals surface area contributed by atoms with Crippen LogP contribution < -0.4 is 10.2 Å². The summed E-state index contributed by atoms with van der Waals surface area (Å²) in [5.74, 6) is 0. The van der Waals surface area contributed by atoms with Gasteiger partial charge >= 0.3 is 6.09 Å². The summed E-state index contributed by atoms with van der Waals surface area (Å²) in [4.78, 5) is 14.5. The number of rotatable bonds is 6. The fraction of sp³-hybridized carbons (Fsp3) is 0.208. The highest BCUT2D eigenvalue weighted by Crippen LogP contribution is 2.31. The van der Waals surface area contributed by atoms with Crippen molar-refractivity contribution in [2.45, 2.75) is 19.4 Å². The topological polar surface area (TPSA) is 41.6 Å². The number of hydrogen-bond acceptors (Lipinski definition) is 3. The fourth-order valence-corrected chi connectivity index (χ4v) is 4.15. The van der Waals surface area contributed by atoms with E-state index in [2.05, 4.69) is 40.5 Å². The fourth-order valence-electron chi connectivity index (χ4n) is 3.65. The van der Waals surface area contributed by atoms with Crippen molar-refractivity contribution < 1.29 is 9.53 Å². The summed E-state index contributed by atoms with van der Waals surface area (Å²) in [6.07, 6.45) is 1.02. The van der Waals surface area contributed by atoms with E-state index in [4.69, 9.17) is 27.9 Å². The molecule has 3 aromatic carbocycles. The summed E-state index contributed by atoms with van der Waals surface area (Å²) in [6, 6.07) is 21.7. The molecular formula is C24H22Cl2N2O2. The van der Waals surface area contributed by atoms with Gasteiger partial charge in [-0.25, -0.2) is 4.79 Å². The van der Waals surface area contributed by atoms with E-state index in [1.54, 1.807) is 12.1 Å². The summed E-state index contributed by atoms with van der Waals surface area (Å²) < 4.78 is 5.30. The lowest BCUT2D eigenvalue weighted by molar-refractivity contribution is 0.163. The Morgan fingerprint density at radius 1 is 1.03 bits per heavy atom. The predicted octanol–water partition coefficient (Wildman–Crippen LogP) is 6.35. The van der Waals surface area contributed by atoms with E-state index in [0.29, 0.717) is 16.5 Å². The molecule has 0 bridgehead atoms. The average molecular weight is 441 g/mol. The zero-order valence-electron chi connectivity index (χ0n) is 16.4. The number of carbonyl (C=O) groups is 1. The molecule has 1 N–H and O–H groups in total. The number of amides is 1. The maximum Gasteiger partial charge on any atom is 0.411 e. The highest BCUT2D eigenvalue weighted by atomic mass is 35.5.